The van der Waals surface area contributed by atoms with E-state index in [-0.39, 0.29) is 11.7 Å². The van der Waals surface area contributed by atoms with E-state index in [0.717, 1.165) is 19.4 Å². The van der Waals surface area contributed by atoms with Crippen LogP contribution in [0.2, 0.25) is 0 Å². The molecule has 1 saturated heterocycles. The highest BCUT2D eigenvalue weighted by Crippen LogP contribution is 2.17. The summed E-state index contributed by atoms with van der Waals surface area (Å²) in [4.78, 5) is 23.7. The second-order valence-electron chi connectivity index (χ2n) is 5.02. The third-order valence-corrected chi connectivity index (χ3v) is 3.44. The maximum Gasteiger partial charge on any atom is 0.335 e. The van der Waals surface area contributed by atoms with Crippen LogP contribution in [-0.2, 0) is 4.74 Å². The highest BCUT2D eigenvalue weighted by Gasteiger charge is 2.15. The van der Waals surface area contributed by atoms with Gasteiger partial charge in [-0.1, -0.05) is 0 Å². The molecule has 2 N–H and O–H groups in total. The molecule has 7 heteroatoms. The molecule has 0 saturated carbocycles. The van der Waals surface area contributed by atoms with Crippen molar-refractivity contribution in [2.24, 2.45) is 0 Å². The highest BCUT2D eigenvalue weighted by atomic mass is 16.5. The zero-order chi connectivity index (χ0) is 15.4. The first kappa shape index (κ1) is 14.4. The van der Waals surface area contributed by atoms with Crippen LogP contribution in [0.25, 0.3) is 11.4 Å². The quantitative estimate of drug-likeness (QED) is 0.869. The number of aromatic nitrogens is 3. The standard InChI is InChI=1S/C15H16N4O3/c20-14(21)10-3-5-16-13(8-10)12-4-6-17-15(19-12)18-9-11-2-1-7-22-11/h3-6,8,11H,1-2,7,9H2,(H,20,21)(H,17,18,19)/t11-/m0/s1. The minimum atomic E-state index is -0.991. The van der Waals surface area contributed by atoms with Crippen molar-refractivity contribution < 1.29 is 14.6 Å². The van der Waals surface area contributed by atoms with Crippen LogP contribution in [0, 0.1) is 0 Å². The van der Waals surface area contributed by atoms with E-state index in [1.165, 1.54) is 18.3 Å². The second kappa shape index (κ2) is 6.48. The first-order valence-corrected chi connectivity index (χ1v) is 7.10. The van der Waals surface area contributed by atoms with Gasteiger partial charge in [0.1, 0.15) is 0 Å². The number of hydrogen-bond acceptors (Lipinski definition) is 6. The summed E-state index contributed by atoms with van der Waals surface area (Å²) in [5.41, 5.74) is 1.26. The molecule has 114 valence electrons. The smallest absolute Gasteiger partial charge is 0.335 e. The van der Waals surface area contributed by atoms with Crippen molar-refractivity contribution in [2.75, 3.05) is 18.5 Å². The number of pyridine rings is 1. The largest absolute Gasteiger partial charge is 0.478 e. The first-order valence-electron chi connectivity index (χ1n) is 7.10. The Labute approximate surface area is 127 Å². The van der Waals surface area contributed by atoms with Gasteiger partial charge in [0, 0.05) is 25.5 Å². The summed E-state index contributed by atoms with van der Waals surface area (Å²) >= 11 is 0. The van der Waals surface area contributed by atoms with Crippen LogP contribution in [0.15, 0.2) is 30.6 Å². The zero-order valence-corrected chi connectivity index (χ0v) is 11.9. The SMILES string of the molecule is O=C(O)c1ccnc(-c2ccnc(NC[C@@H]3CCCO3)n2)c1. The summed E-state index contributed by atoms with van der Waals surface area (Å²) in [6.07, 6.45) is 5.39. The Morgan fingerprint density at radius 3 is 2.95 bits per heavy atom. The summed E-state index contributed by atoms with van der Waals surface area (Å²) in [5.74, 6) is -0.509. The predicted molar refractivity (Wildman–Crippen MR) is 79.7 cm³/mol. The van der Waals surface area contributed by atoms with E-state index in [0.29, 0.717) is 23.9 Å². The lowest BCUT2D eigenvalue weighted by Crippen LogP contribution is -2.19. The average Bonchev–Trinajstić information content (AvgIpc) is 3.07. The Hall–Kier alpha value is -2.54. The van der Waals surface area contributed by atoms with Gasteiger partial charge in [0.05, 0.1) is 23.1 Å². The monoisotopic (exact) mass is 300 g/mol. The molecule has 1 atom stereocenters. The van der Waals surface area contributed by atoms with E-state index in [1.54, 1.807) is 12.3 Å². The lowest BCUT2D eigenvalue weighted by atomic mass is 10.2. The van der Waals surface area contributed by atoms with Gasteiger partial charge in [0.15, 0.2) is 0 Å². The average molecular weight is 300 g/mol. The van der Waals surface area contributed by atoms with E-state index in [2.05, 4.69) is 20.3 Å². The second-order valence-corrected chi connectivity index (χ2v) is 5.02. The lowest BCUT2D eigenvalue weighted by Gasteiger charge is -2.11. The number of ether oxygens (including phenoxy) is 1. The molecule has 0 unspecified atom stereocenters. The normalized spacial score (nSPS) is 17.4. The van der Waals surface area contributed by atoms with Gasteiger partial charge in [-0.3, -0.25) is 4.98 Å². The number of rotatable bonds is 5. The molecule has 0 amide bonds. The van der Waals surface area contributed by atoms with Crippen molar-refractivity contribution in [3.63, 3.8) is 0 Å². The van der Waals surface area contributed by atoms with E-state index in [9.17, 15) is 4.79 Å². The van der Waals surface area contributed by atoms with Crippen LogP contribution in [0.5, 0.6) is 0 Å². The van der Waals surface area contributed by atoms with Crippen molar-refractivity contribution >= 4 is 11.9 Å². The molecule has 0 aliphatic carbocycles. The van der Waals surface area contributed by atoms with Crippen molar-refractivity contribution in [1.29, 1.82) is 0 Å². The number of anilines is 1. The molecule has 0 bridgehead atoms. The van der Waals surface area contributed by atoms with E-state index in [1.807, 2.05) is 0 Å². The third kappa shape index (κ3) is 3.37. The zero-order valence-electron chi connectivity index (χ0n) is 11.9. The van der Waals surface area contributed by atoms with Gasteiger partial charge in [-0.2, -0.15) is 0 Å². The van der Waals surface area contributed by atoms with Gasteiger partial charge >= 0.3 is 5.97 Å². The maximum atomic E-state index is 11.0. The number of carboxylic acid groups (broad SMARTS) is 1. The summed E-state index contributed by atoms with van der Waals surface area (Å²) in [6, 6.07) is 4.64. The van der Waals surface area contributed by atoms with E-state index >= 15 is 0 Å². The fourth-order valence-electron chi connectivity index (χ4n) is 2.30. The first-order chi connectivity index (χ1) is 10.7. The molecule has 2 aromatic heterocycles. The minimum Gasteiger partial charge on any atom is -0.478 e. The number of carboxylic acids is 1. The molecular formula is C15H16N4O3. The molecule has 0 aromatic carbocycles. The van der Waals surface area contributed by atoms with Gasteiger partial charge in [-0.15, -0.1) is 0 Å². The van der Waals surface area contributed by atoms with Crippen LogP contribution in [0.3, 0.4) is 0 Å². The molecule has 3 rings (SSSR count). The lowest BCUT2D eigenvalue weighted by molar-refractivity contribution is 0.0697. The van der Waals surface area contributed by atoms with Gasteiger partial charge in [-0.05, 0) is 31.0 Å². The van der Waals surface area contributed by atoms with Crippen LogP contribution < -0.4 is 5.32 Å². The number of nitrogens with zero attached hydrogens (tertiary/aromatic N) is 3. The highest BCUT2D eigenvalue weighted by molar-refractivity contribution is 5.88. The van der Waals surface area contributed by atoms with Crippen LogP contribution in [0.4, 0.5) is 5.95 Å². The molecule has 2 aromatic rings. The summed E-state index contributed by atoms with van der Waals surface area (Å²) < 4.78 is 5.54. The third-order valence-electron chi connectivity index (χ3n) is 3.44. The van der Waals surface area contributed by atoms with Crippen LogP contribution in [-0.4, -0.2) is 45.3 Å². The van der Waals surface area contributed by atoms with Gasteiger partial charge < -0.3 is 15.2 Å². The van der Waals surface area contributed by atoms with Crippen molar-refractivity contribution in [2.45, 2.75) is 18.9 Å². The fourth-order valence-corrected chi connectivity index (χ4v) is 2.30. The van der Waals surface area contributed by atoms with Gasteiger partial charge in [0.2, 0.25) is 5.95 Å². The summed E-state index contributed by atoms with van der Waals surface area (Å²) in [7, 11) is 0. The Balaban J connectivity index is 1.75. The maximum absolute atomic E-state index is 11.0. The van der Waals surface area contributed by atoms with Crippen LogP contribution >= 0.6 is 0 Å². The predicted octanol–water partition coefficient (Wildman–Crippen LogP) is 1.83. The fraction of sp³-hybridized carbons (Fsp3) is 0.333. The number of carbonyl (C=O) groups is 1. The van der Waals surface area contributed by atoms with Crippen LogP contribution in [0.1, 0.15) is 23.2 Å². The Morgan fingerprint density at radius 1 is 1.32 bits per heavy atom. The summed E-state index contributed by atoms with van der Waals surface area (Å²) in [6.45, 7) is 1.46. The Kier molecular flexibility index (Phi) is 4.24. The number of nitrogens with one attached hydrogen (secondary N) is 1. The Bertz CT molecular complexity index is 671. The molecule has 1 aliphatic heterocycles. The van der Waals surface area contributed by atoms with Crippen molar-refractivity contribution in [3.8, 4) is 11.4 Å². The molecule has 0 radical (unpaired) electrons. The van der Waals surface area contributed by atoms with Crippen molar-refractivity contribution in [3.05, 3.63) is 36.2 Å². The molecule has 3 heterocycles. The number of hydrogen-bond donors (Lipinski definition) is 2. The minimum absolute atomic E-state index is 0.178. The molecule has 22 heavy (non-hydrogen) atoms. The van der Waals surface area contributed by atoms with Crippen molar-refractivity contribution in [1.82, 2.24) is 15.0 Å². The van der Waals surface area contributed by atoms with E-state index in [4.69, 9.17) is 9.84 Å². The molecular weight excluding hydrogens is 284 g/mol. The Morgan fingerprint density at radius 2 is 2.18 bits per heavy atom. The van der Waals surface area contributed by atoms with Gasteiger partial charge in [-0.25, -0.2) is 14.8 Å². The topological polar surface area (TPSA) is 97.2 Å². The summed E-state index contributed by atoms with van der Waals surface area (Å²) in [5, 5.41) is 12.2. The molecule has 7 nitrogen and oxygen atoms in total. The molecule has 1 fully saturated rings. The number of aromatic carboxylic acids is 1. The molecule has 1 aliphatic rings. The van der Waals surface area contributed by atoms with E-state index < -0.39 is 5.97 Å². The van der Waals surface area contributed by atoms with Gasteiger partial charge in [0.25, 0.3) is 0 Å². The molecule has 0 spiro atoms.